The van der Waals surface area contributed by atoms with E-state index in [2.05, 4.69) is 84.9 Å². The zero-order valence-electron chi connectivity index (χ0n) is 13.0. The van der Waals surface area contributed by atoms with Gasteiger partial charge in [0, 0.05) is 0 Å². The fourth-order valence-corrected chi connectivity index (χ4v) is 4.36. The largest absolute Gasteiger partial charge is 0.0616 e. The number of benzene rings is 5. The lowest BCUT2D eigenvalue weighted by Gasteiger charge is -2.12. The summed E-state index contributed by atoms with van der Waals surface area (Å²) in [4.78, 5) is 0. The first kappa shape index (κ1) is 12.3. The molecule has 1 radical (unpaired) electrons. The van der Waals surface area contributed by atoms with Crippen LogP contribution in [0.1, 0.15) is 0 Å². The van der Waals surface area contributed by atoms with Crippen molar-refractivity contribution in [3.63, 3.8) is 0 Å². The van der Waals surface area contributed by atoms with E-state index in [0.29, 0.717) is 0 Å². The second kappa shape index (κ2) is 4.24. The van der Waals surface area contributed by atoms with E-state index in [0.717, 1.165) is 0 Å². The van der Waals surface area contributed by atoms with E-state index in [-0.39, 0.29) is 0 Å². The first-order valence-electron chi connectivity index (χ1n) is 8.31. The third kappa shape index (κ3) is 1.35. The van der Waals surface area contributed by atoms with Crippen LogP contribution in [0.4, 0.5) is 0 Å². The topological polar surface area (TPSA) is 0 Å². The Balaban J connectivity index is 2.00. The van der Waals surface area contributed by atoms with Gasteiger partial charge in [-0.2, -0.15) is 0 Å². The lowest BCUT2D eigenvalue weighted by Crippen LogP contribution is -1.85. The summed E-state index contributed by atoms with van der Waals surface area (Å²) in [6, 6.07) is 31.9. The van der Waals surface area contributed by atoms with E-state index in [1.807, 2.05) is 0 Å². The molecule has 0 amide bonds. The van der Waals surface area contributed by atoms with Crippen molar-refractivity contribution in [1.29, 1.82) is 0 Å². The van der Waals surface area contributed by atoms with Gasteiger partial charge in [-0.25, -0.2) is 0 Å². The molecule has 5 aromatic rings. The van der Waals surface area contributed by atoms with Gasteiger partial charge in [0.05, 0.1) is 0 Å². The Morgan fingerprint density at radius 3 is 1.96 bits per heavy atom. The van der Waals surface area contributed by atoms with Crippen molar-refractivity contribution in [1.82, 2.24) is 0 Å². The Morgan fingerprint density at radius 1 is 0.542 bits per heavy atom. The van der Waals surface area contributed by atoms with Crippen molar-refractivity contribution in [3.8, 4) is 22.3 Å². The molecule has 0 bridgehead atoms. The molecule has 0 aliphatic heterocycles. The molecule has 0 atom stereocenters. The third-order valence-corrected chi connectivity index (χ3v) is 5.29. The monoisotopic (exact) mass is 301 g/mol. The van der Waals surface area contributed by atoms with Gasteiger partial charge in [0.2, 0.25) is 0 Å². The van der Waals surface area contributed by atoms with E-state index < -0.39 is 0 Å². The molecule has 0 aromatic heterocycles. The van der Waals surface area contributed by atoms with Crippen LogP contribution in [-0.2, 0) is 0 Å². The molecule has 0 spiro atoms. The summed E-state index contributed by atoms with van der Waals surface area (Å²) < 4.78 is 0. The first-order valence-corrected chi connectivity index (χ1v) is 8.31. The lowest BCUT2D eigenvalue weighted by molar-refractivity contribution is 1.74. The van der Waals surface area contributed by atoms with Crippen LogP contribution in [0, 0.1) is 6.07 Å². The minimum atomic E-state index is 1.25. The van der Waals surface area contributed by atoms with E-state index in [1.54, 1.807) is 0 Å². The molecule has 5 aromatic carbocycles. The van der Waals surface area contributed by atoms with E-state index in [9.17, 15) is 0 Å². The van der Waals surface area contributed by atoms with Crippen molar-refractivity contribution in [2.45, 2.75) is 0 Å². The quantitative estimate of drug-likeness (QED) is 0.277. The number of fused-ring (bicyclic) bond motifs is 8. The van der Waals surface area contributed by atoms with Gasteiger partial charge >= 0.3 is 0 Å². The summed E-state index contributed by atoms with van der Waals surface area (Å²) in [5.41, 5.74) is 5.31. The van der Waals surface area contributed by atoms with Crippen LogP contribution < -0.4 is 0 Å². The van der Waals surface area contributed by atoms with Crippen molar-refractivity contribution in [2.75, 3.05) is 0 Å². The Labute approximate surface area is 140 Å². The molecule has 109 valence electrons. The van der Waals surface area contributed by atoms with Gasteiger partial charge in [-0.3, -0.25) is 0 Å². The Hall–Kier alpha value is -3.12. The van der Waals surface area contributed by atoms with Crippen molar-refractivity contribution in [2.24, 2.45) is 0 Å². The summed E-state index contributed by atoms with van der Waals surface area (Å²) in [7, 11) is 0. The Kier molecular flexibility index (Phi) is 2.18. The average molecular weight is 301 g/mol. The van der Waals surface area contributed by atoms with Gasteiger partial charge in [0.1, 0.15) is 0 Å². The summed E-state index contributed by atoms with van der Waals surface area (Å²) in [5, 5.41) is 7.96. The molecular weight excluding hydrogens is 288 g/mol. The highest BCUT2D eigenvalue weighted by Gasteiger charge is 2.25. The molecule has 6 rings (SSSR count). The number of hydrogen-bond donors (Lipinski definition) is 0. The molecule has 0 heteroatoms. The number of hydrogen-bond acceptors (Lipinski definition) is 0. The Morgan fingerprint density at radius 2 is 1.21 bits per heavy atom. The third-order valence-electron chi connectivity index (χ3n) is 5.29. The maximum atomic E-state index is 3.53. The fraction of sp³-hybridized carbons (Fsp3) is 0. The molecule has 0 nitrogen and oxygen atoms in total. The average Bonchev–Trinajstić information content (AvgIpc) is 2.99. The number of rotatable bonds is 0. The molecule has 1 aliphatic carbocycles. The highest BCUT2D eigenvalue weighted by atomic mass is 14.3. The van der Waals surface area contributed by atoms with Gasteiger partial charge in [0.15, 0.2) is 0 Å². The summed E-state index contributed by atoms with van der Waals surface area (Å²) in [5.74, 6) is 0. The summed E-state index contributed by atoms with van der Waals surface area (Å²) in [6.07, 6.45) is 0. The predicted octanol–water partition coefficient (Wildman–Crippen LogP) is 6.59. The van der Waals surface area contributed by atoms with Crippen LogP contribution in [-0.4, -0.2) is 0 Å². The van der Waals surface area contributed by atoms with Gasteiger partial charge in [-0.15, -0.1) is 0 Å². The molecule has 0 unspecified atom stereocenters. The fourth-order valence-electron chi connectivity index (χ4n) is 4.36. The van der Waals surface area contributed by atoms with Crippen LogP contribution >= 0.6 is 0 Å². The highest BCUT2D eigenvalue weighted by molar-refractivity contribution is 6.29. The van der Waals surface area contributed by atoms with E-state index in [1.165, 1.54) is 54.6 Å². The molecule has 0 saturated heterocycles. The molecule has 0 N–H and O–H groups in total. The molecule has 0 fully saturated rings. The molecule has 1 aliphatic rings. The smallest absolute Gasteiger partial charge is 0.000741 e. The molecule has 0 saturated carbocycles. The van der Waals surface area contributed by atoms with Gasteiger partial charge in [0.25, 0.3) is 0 Å². The normalized spacial score (nSPS) is 12.2. The SMILES string of the molecule is [c]1ccc2cccc3c2c1-c1c-3c2ccccc2c2ccccc12. The first-order chi connectivity index (χ1) is 11.9. The van der Waals surface area contributed by atoms with Gasteiger partial charge in [-0.05, 0) is 60.6 Å². The van der Waals surface area contributed by atoms with Crippen molar-refractivity contribution in [3.05, 3.63) is 84.9 Å². The lowest BCUT2D eigenvalue weighted by atomic mass is 9.90. The van der Waals surface area contributed by atoms with Crippen LogP contribution in [0.25, 0.3) is 54.6 Å². The molecule has 24 heavy (non-hydrogen) atoms. The standard InChI is InChI=1S/C24H13/c1-3-11-18-16(9-1)17-10-2-4-12-19(17)24-21-14-6-8-15-7-5-13-20(22(15)21)23(18)24/h1-13H. The zero-order chi connectivity index (χ0) is 15.7. The van der Waals surface area contributed by atoms with E-state index >= 15 is 0 Å². The van der Waals surface area contributed by atoms with Crippen LogP contribution in [0.2, 0.25) is 0 Å². The minimum absolute atomic E-state index is 1.25. The van der Waals surface area contributed by atoms with Crippen LogP contribution in [0.5, 0.6) is 0 Å². The van der Waals surface area contributed by atoms with Crippen molar-refractivity contribution < 1.29 is 0 Å². The summed E-state index contributed by atoms with van der Waals surface area (Å²) >= 11 is 0. The van der Waals surface area contributed by atoms with Gasteiger partial charge < -0.3 is 0 Å². The van der Waals surface area contributed by atoms with E-state index in [4.69, 9.17) is 0 Å². The van der Waals surface area contributed by atoms with Crippen molar-refractivity contribution >= 4 is 32.3 Å². The molecule has 0 heterocycles. The maximum absolute atomic E-state index is 3.53. The maximum Gasteiger partial charge on any atom is -0.000741 e. The highest BCUT2D eigenvalue weighted by Crippen LogP contribution is 2.53. The summed E-state index contributed by atoms with van der Waals surface area (Å²) in [6.45, 7) is 0. The van der Waals surface area contributed by atoms with Gasteiger partial charge in [-0.1, -0.05) is 78.9 Å². The second-order valence-corrected chi connectivity index (χ2v) is 6.46. The minimum Gasteiger partial charge on any atom is -0.0616 e. The molecular formula is C24H13. The zero-order valence-corrected chi connectivity index (χ0v) is 13.0. The second-order valence-electron chi connectivity index (χ2n) is 6.46. The van der Waals surface area contributed by atoms with Crippen LogP contribution in [0.3, 0.4) is 0 Å². The van der Waals surface area contributed by atoms with Crippen LogP contribution in [0.15, 0.2) is 78.9 Å². The Bertz CT molecular complexity index is 1190. The predicted molar refractivity (Wildman–Crippen MR) is 102 cm³/mol.